The van der Waals surface area contributed by atoms with E-state index >= 15 is 4.79 Å². The standard InChI is InChI=1S/C40H33NO5/c1-2-41-38(45)29-18-17-28-31(35(29)39(41)46)21-32-37(44)30(23-11-5-3-6-12-23)22-34(43)40(32,24-13-7-4-8-14-24)36(28)27-19-20-33(42)26-16-10-9-15-25(26)27/h3-17,19-20,22,29,31-32,35-36,42H,2,18,21H2,1H3/t29-,31+,32-,35-,36-,40-/m0/s1. The highest BCUT2D eigenvalue weighted by Gasteiger charge is 2.65. The van der Waals surface area contributed by atoms with E-state index in [0.717, 1.165) is 22.1 Å². The molecule has 6 atom stereocenters. The van der Waals surface area contributed by atoms with E-state index in [0.29, 0.717) is 29.5 Å². The normalized spacial score (nSPS) is 28.8. The lowest BCUT2D eigenvalue weighted by Crippen LogP contribution is -2.58. The number of allylic oxidation sites excluding steroid dienone is 4. The highest BCUT2D eigenvalue weighted by atomic mass is 16.3. The first-order chi connectivity index (χ1) is 22.4. The van der Waals surface area contributed by atoms with E-state index in [9.17, 15) is 19.5 Å². The summed E-state index contributed by atoms with van der Waals surface area (Å²) in [5.74, 6) is -3.41. The second kappa shape index (κ2) is 10.5. The topological polar surface area (TPSA) is 91.8 Å². The Balaban J connectivity index is 1.45. The molecule has 1 saturated heterocycles. The van der Waals surface area contributed by atoms with Crippen molar-refractivity contribution in [2.24, 2.45) is 23.7 Å². The molecule has 3 aliphatic carbocycles. The second-order valence-electron chi connectivity index (χ2n) is 12.9. The molecule has 228 valence electrons. The van der Waals surface area contributed by atoms with Crippen molar-refractivity contribution in [1.29, 1.82) is 0 Å². The Morgan fingerprint density at radius 2 is 1.46 bits per heavy atom. The van der Waals surface area contributed by atoms with Crippen LogP contribution >= 0.6 is 0 Å². The Labute approximate surface area is 267 Å². The molecule has 6 nitrogen and oxygen atoms in total. The number of fused-ring (bicyclic) bond motifs is 5. The van der Waals surface area contributed by atoms with Crippen molar-refractivity contribution >= 4 is 39.7 Å². The van der Waals surface area contributed by atoms with Crippen molar-refractivity contribution in [3.05, 3.63) is 131 Å². The number of phenolic OH excluding ortho intramolecular Hbond substituents is 1. The number of rotatable bonds is 4. The van der Waals surface area contributed by atoms with Crippen LogP contribution in [0.1, 0.15) is 42.4 Å². The van der Waals surface area contributed by atoms with Gasteiger partial charge in [0.2, 0.25) is 11.8 Å². The molecule has 4 aliphatic rings. The molecular weight excluding hydrogens is 574 g/mol. The van der Waals surface area contributed by atoms with Gasteiger partial charge in [-0.05, 0) is 59.9 Å². The summed E-state index contributed by atoms with van der Waals surface area (Å²) in [6.45, 7) is 2.11. The van der Waals surface area contributed by atoms with Gasteiger partial charge < -0.3 is 5.11 Å². The van der Waals surface area contributed by atoms with Crippen LogP contribution in [0, 0.1) is 23.7 Å². The van der Waals surface area contributed by atoms with E-state index in [1.165, 1.54) is 11.0 Å². The van der Waals surface area contributed by atoms with Gasteiger partial charge in [-0.25, -0.2) is 0 Å². The van der Waals surface area contributed by atoms with E-state index in [2.05, 4.69) is 6.08 Å². The van der Waals surface area contributed by atoms with Gasteiger partial charge in [0, 0.05) is 29.3 Å². The molecule has 0 aromatic heterocycles. The summed E-state index contributed by atoms with van der Waals surface area (Å²) in [6, 6.07) is 29.9. The lowest BCUT2D eigenvalue weighted by molar-refractivity contribution is -0.140. The van der Waals surface area contributed by atoms with Crippen molar-refractivity contribution in [2.75, 3.05) is 6.54 Å². The van der Waals surface area contributed by atoms with Gasteiger partial charge in [-0.2, -0.15) is 0 Å². The number of likely N-dealkylation sites (tertiary alicyclic amines) is 1. The second-order valence-corrected chi connectivity index (χ2v) is 12.9. The zero-order chi connectivity index (χ0) is 31.7. The average Bonchev–Trinajstić information content (AvgIpc) is 3.35. The number of imide groups is 1. The zero-order valence-corrected chi connectivity index (χ0v) is 25.4. The number of benzene rings is 4. The van der Waals surface area contributed by atoms with Gasteiger partial charge in [0.1, 0.15) is 5.75 Å². The molecule has 0 radical (unpaired) electrons. The number of ketones is 2. The first kappa shape index (κ1) is 28.4. The smallest absolute Gasteiger partial charge is 0.233 e. The van der Waals surface area contributed by atoms with Crippen molar-refractivity contribution in [1.82, 2.24) is 4.90 Å². The maximum Gasteiger partial charge on any atom is 0.233 e. The van der Waals surface area contributed by atoms with Crippen LogP contribution < -0.4 is 0 Å². The lowest BCUT2D eigenvalue weighted by Gasteiger charge is -2.55. The van der Waals surface area contributed by atoms with Gasteiger partial charge in [-0.1, -0.05) is 103 Å². The van der Waals surface area contributed by atoms with E-state index in [1.807, 2.05) is 97.9 Å². The van der Waals surface area contributed by atoms with Gasteiger partial charge in [0.05, 0.1) is 17.3 Å². The van der Waals surface area contributed by atoms with Crippen LogP contribution in [0.3, 0.4) is 0 Å². The van der Waals surface area contributed by atoms with E-state index < -0.39 is 35.0 Å². The van der Waals surface area contributed by atoms with E-state index in [4.69, 9.17) is 0 Å². The van der Waals surface area contributed by atoms with Crippen molar-refractivity contribution in [2.45, 2.75) is 31.1 Å². The maximum atomic E-state index is 15.1. The minimum Gasteiger partial charge on any atom is -0.507 e. The third-order valence-corrected chi connectivity index (χ3v) is 11.0. The molecular formula is C40H33NO5. The van der Waals surface area contributed by atoms with Crippen LogP contribution in [0.2, 0.25) is 0 Å². The Bertz CT molecular complexity index is 2010. The molecule has 6 heteroatoms. The molecule has 0 bridgehead atoms. The number of phenols is 1. The quantitative estimate of drug-likeness (QED) is 0.215. The minimum atomic E-state index is -1.30. The monoisotopic (exact) mass is 607 g/mol. The van der Waals surface area contributed by atoms with Crippen molar-refractivity contribution in [3.63, 3.8) is 0 Å². The zero-order valence-electron chi connectivity index (χ0n) is 25.4. The van der Waals surface area contributed by atoms with E-state index in [-0.39, 0.29) is 35.6 Å². The fourth-order valence-corrected chi connectivity index (χ4v) is 9.15. The third-order valence-electron chi connectivity index (χ3n) is 11.0. The van der Waals surface area contributed by atoms with Crippen LogP contribution in [-0.4, -0.2) is 39.9 Å². The van der Waals surface area contributed by atoms with Crippen LogP contribution in [0.4, 0.5) is 0 Å². The number of nitrogens with zero attached hydrogens (tertiary/aromatic N) is 1. The molecule has 2 amide bonds. The first-order valence-corrected chi connectivity index (χ1v) is 16.0. The Kier molecular flexibility index (Phi) is 6.47. The highest BCUT2D eigenvalue weighted by molar-refractivity contribution is 6.31. The number of aromatic hydroxyl groups is 1. The van der Waals surface area contributed by atoms with Crippen molar-refractivity contribution in [3.8, 4) is 5.75 Å². The van der Waals surface area contributed by atoms with Crippen LogP contribution in [0.25, 0.3) is 16.3 Å². The maximum absolute atomic E-state index is 15.1. The van der Waals surface area contributed by atoms with Crippen LogP contribution in [0.5, 0.6) is 5.75 Å². The number of Topliss-reactive ketones (excluding diaryl/α,β-unsaturated/α-hetero) is 1. The van der Waals surface area contributed by atoms with Gasteiger partial charge in [0.25, 0.3) is 0 Å². The SMILES string of the molecule is CCN1C(=O)[C@H]2[C@H](CC=C3[C@H]2C[C@H]2C(=O)C(c4ccccc4)=CC(=O)[C@@]2(c2ccccc2)[C@H]3c2ccc(O)c3ccccc23)C1=O. The summed E-state index contributed by atoms with van der Waals surface area (Å²) in [4.78, 5) is 58.9. The molecule has 4 aromatic carbocycles. The van der Waals surface area contributed by atoms with Crippen molar-refractivity contribution < 1.29 is 24.3 Å². The molecule has 1 N–H and O–H groups in total. The highest BCUT2D eigenvalue weighted by Crippen LogP contribution is 2.64. The predicted octanol–water partition coefficient (Wildman–Crippen LogP) is 6.39. The Morgan fingerprint density at radius 3 is 2.17 bits per heavy atom. The summed E-state index contributed by atoms with van der Waals surface area (Å²) in [5, 5.41) is 12.3. The average molecular weight is 608 g/mol. The van der Waals surface area contributed by atoms with Crippen LogP contribution in [0.15, 0.2) is 115 Å². The molecule has 1 heterocycles. The number of carbonyl (C=O) groups is 4. The Hall–Kier alpha value is -5.10. The number of carbonyl (C=O) groups excluding carboxylic acids is 4. The fraction of sp³-hybridized carbons (Fsp3) is 0.250. The van der Waals surface area contributed by atoms with E-state index in [1.54, 1.807) is 6.07 Å². The van der Waals surface area contributed by atoms with Gasteiger partial charge >= 0.3 is 0 Å². The summed E-state index contributed by atoms with van der Waals surface area (Å²) in [6.07, 6.45) is 4.29. The number of hydrogen-bond acceptors (Lipinski definition) is 5. The van der Waals surface area contributed by atoms with Gasteiger partial charge in [-0.3, -0.25) is 24.1 Å². The summed E-state index contributed by atoms with van der Waals surface area (Å²) in [7, 11) is 0. The molecule has 0 unspecified atom stereocenters. The minimum absolute atomic E-state index is 0.127. The first-order valence-electron chi connectivity index (χ1n) is 16.0. The molecule has 46 heavy (non-hydrogen) atoms. The van der Waals surface area contributed by atoms with Gasteiger partial charge in [-0.15, -0.1) is 0 Å². The molecule has 1 saturated carbocycles. The largest absolute Gasteiger partial charge is 0.507 e. The molecule has 2 fully saturated rings. The summed E-state index contributed by atoms with van der Waals surface area (Å²) < 4.78 is 0. The fourth-order valence-electron chi connectivity index (χ4n) is 9.15. The third kappa shape index (κ3) is 3.76. The number of hydrogen-bond donors (Lipinski definition) is 1. The molecule has 1 aliphatic heterocycles. The predicted molar refractivity (Wildman–Crippen MR) is 175 cm³/mol. The Morgan fingerprint density at radius 1 is 0.783 bits per heavy atom. The van der Waals surface area contributed by atoms with Crippen LogP contribution in [-0.2, 0) is 24.6 Å². The number of amides is 2. The molecule has 4 aromatic rings. The lowest BCUT2D eigenvalue weighted by atomic mass is 9.44. The molecule has 8 rings (SSSR count). The summed E-state index contributed by atoms with van der Waals surface area (Å²) in [5.41, 5.74) is 2.24. The van der Waals surface area contributed by atoms with Gasteiger partial charge in [0.15, 0.2) is 11.6 Å². The summed E-state index contributed by atoms with van der Waals surface area (Å²) >= 11 is 0. The molecule has 0 spiro atoms.